The molecule has 3 aromatic carbocycles. The summed E-state index contributed by atoms with van der Waals surface area (Å²) in [7, 11) is 0. The number of ketones is 1. The third-order valence-electron chi connectivity index (χ3n) is 6.02. The Morgan fingerprint density at radius 2 is 1.82 bits per heavy atom. The molecule has 5 aromatic rings. The van der Waals surface area contributed by atoms with Gasteiger partial charge in [-0.2, -0.15) is 10.4 Å². The lowest BCUT2D eigenvalue weighted by Gasteiger charge is -2.18. The molecule has 3 N–H and O–H groups in total. The first-order valence-corrected chi connectivity index (χ1v) is 11.1. The molecular weight excluding hydrogens is 422 g/mol. The van der Waals surface area contributed by atoms with Crippen LogP contribution in [0.15, 0.2) is 91.4 Å². The van der Waals surface area contributed by atoms with Crippen LogP contribution in [0.2, 0.25) is 0 Å². The fourth-order valence-corrected chi connectivity index (χ4v) is 4.19. The van der Waals surface area contributed by atoms with E-state index in [4.69, 9.17) is 5.26 Å². The van der Waals surface area contributed by atoms with E-state index in [1.807, 2.05) is 79.0 Å². The third kappa shape index (κ3) is 4.38. The molecule has 0 spiro atoms. The van der Waals surface area contributed by atoms with Crippen LogP contribution >= 0.6 is 0 Å². The molecule has 0 aliphatic carbocycles. The Kier molecular flexibility index (Phi) is 6.02. The van der Waals surface area contributed by atoms with Crippen molar-refractivity contribution >= 4 is 16.7 Å². The van der Waals surface area contributed by atoms with Crippen LogP contribution in [0.1, 0.15) is 33.1 Å². The van der Waals surface area contributed by atoms with Gasteiger partial charge in [-0.05, 0) is 41.3 Å². The van der Waals surface area contributed by atoms with Crippen LogP contribution in [-0.2, 0) is 6.42 Å². The molecule has 0 aliphatic rings. The predicted molar refractivity (Wildman–Crippen MR) is 132 cm³/mol. The van der Waals surface area contributed by atoms with E-state index in [0.717, 1.165) is 39.6 Å². The highest BCUT2D eigenvalue weighted by atomic mass is 16.1. The molecule has 0 aliphatic heterocycles. The van der Waals surface area contributed by atoms with Gasteiger partial charge in [0.1, 0.15) is 0 Å². The zero-order chi connectivity index (χ0) is 23.3. The lowest BCUT2D eigenvalue weighted by Crippen LogP contribution is -2.30. The van der Waals surface area contributed by atoms with Crippen molar-refractivity contribution in [3.05, 3.63) is 114 Å². The molecule has 34 heavy (non-hydrogen) atoms. The highest BCUT2D eigenvalue weighted by Gasteiger charge is 2.24. The first-order valence-electron chi connectivity index (χ1n) is 11.1. The second-order valence-corrected chi connectivity index (χ2v) is 8.17. The van der Waals surface area contributed by atoms with Crippen LogP contribution in [0.25, 0.3) is 22.0 Å². The van der Waals surface area contributed by atoms with Crippen LogP contribution in [0, 0.1) is 11.3 Å². The number of hydrogen-bond donors (Lipinski definition) is 3. The molecule has 0 saturated heterocycles. The van der Waals surface area contributed by atoms with E-state index < -0.39 is 6.04 Å². The second-order valence-electron chi connectivity index (χ2n) is 8.17. The number of aromatic amines is 2. The number of H-pyrrole nitrogens is 2. The number of nitriles is 1. The van der Waals surface area contributed by atoms with Gasteiger partial charge in [-0.15, -0.1) is 0 Å². The zero-order valence-corrected chi connectivity index (χ0v) is 18.5. The van der Waals surface area contributed by atoms with Crippen LogP contribution in [0.4, 0.5) is 0 Å². The quantitative estimate of drug-likeness (QED) is 0.287. The van der Waals surface area contributed by atoms with E-state index in [1.54, 1.807) is 12.4 Å². The summed E-state index contributed by atoms with van der Waals surface area (Å²) in [5.74, 6) is 0.0216. The summed E-state index contributed by atoms with van der Waals surface area (Å²) in [5, 5.41) is 20.2. The van der Waals surface area contributed by atoms with Crippen molar-refractivity contribution in [1.82, 2.24) is 20.5 Å². The largest absolute Gasteiger partial charge is 0.360 e. The second kappa shape index (κ2) is 9.57. The van der Waals surface area contributed by atoms with Crippen LogP contribution in [0.5, 0.6) is 0 Å². The summed E-state index contributed by atoms with van der Waals surface area (Å²) in [6, 6.07) is 25.0. The number of nitrogens with zero attached hydrogens (tertiary/aromatic N) is 2. The Morgan fingerprint density at radius 3 is 2.56 bits per heavy atom. The van der Waals surface area contributed by atoms with Crippen molar-refractivity contribution in [1.29, 1.82) is 5.26 Å². The van der Waals surface area contributed by atoms with E-state index in [-0.39, 0.29) is 5.78 Å². The Balaban J connectivity index is 1.39. The van der Waals surface area contributed by atoms with E-state index in [9.17, 15) is 4.79 Å². The molecule has 166 valence electrons. The summed E-state index contributed by atoms with van der Waals surface area (Å²) in [6.07, 6.45) is 6.17. The molecule has 0 bridgehead atoms. The normalized spacial score (nSPS) is 11.9. The van der Waals surface area contributed by atoms with E-state index in [0.29, 0.717) is 17.7 Å². The van der Waals surface area contributed by atoms with Gasteiger partial charge in [0.05, 0.1) is 23.9 Å². The number of nitrogens with one attached hydrogen (secondary N) is 3. The molecule has 0 unspecified atom stereocenters. The summed E-state index contributed by atoms with van der Waals surface area (Å²) in [5.41, 5.74) is 6.28. The van der Waals surface area contributed by atoms with Gasteiger partial charge in [0.25, 0.3) is 0 Å². The Labute approximate surface area is 197 Å². The zero-order valence-electron chi connectivity index (χ0n) is 18.5. The fraction of sp³-hybridized carbons (Fsp3) is 0.107. The van der Waals surface area contributed by atoms with Crippen molar-refractivity contribution < 1.29 is 4.79 Å². The SMILES string of the molecule is N#Cc1ccc(CCN[C@@H](C(=O)c2c[nH]c3cc(-c4cn[nH]c4)ccc23)c2ccccc2)cc1. The minimum atomic E-state index is -0.466. The molecule has 0 fully saturated rings. The number of fused-ring (bicyclic) bond motifs is 1. The van der Waals surface area contributed by atoms with Crippen molar-refractivity contribution in [2.45, 2.75) is 12.5 Å². The molecule has 1 atom stereocenters. The number of hydrogen-bond acceptors (Lipinski definition) is 4. The first kappa shape index (κ1) is 21.4. The predicted octanol–water partition coefficient (Wildman–Crippen LogP) is 5.19. The summed E-state index contributed by atoms with van der Waals surface area (Å²) in [6.45, 7) is 0.629. The van der Waals surface area contributed by atoms with Gasteiger partial charge in [0.2, 0.25) is 0 Å². The molecular formula is C28H23N5O. The van der Waals surface area contributed by atoms with Gasteiger partial charge in [-0.25, -0.2) is 0 Å². The summed E-state index contributed by atoms with van der Waals surface area (Å²) in [4.78, 5) is 17.0. The standard InChI is InChI=1S/C28H23N5O/c29-15-20-8-6-19(7-9-20)12-13-30-27(21-4-2-1-3-5-21)28(34)25-18-31-26-14-22(10-11-24(25)26)23-16-32-33-17-23/h1-11,14,16-18,27,30-31H,12-13H2,(H,32,33)/t27-/m1/s1. The molecule has 0 radical (unpaired) electrons. The lowest BCUT2D eigenvalue weighted by molar-refractivity contribution is 0.0945. The minimum absolute atomic E-state index is 0.0216. The van der Waals surface area contributed by atoms with Gasteiger partial charge in [0.15, 0.2) is 5.78 Å². The molecule has 0 amide bonds. The average molecular weight is 446 g/mol. The number of rotatable bonds is 8. The lowest BCUT2D eigenvalue weighted by atomic mass is 9.96. The van der Waals surface area contributed by atoms with Gasteiger partial charge in [0, 0.05) is 41.0 Å². The first-order chi connectivity index (χ1) is 16.7. The van der Waals surface area contributed by atoms with Gasteiger partial charge in [-0.3, -0.25) is 9.89 Å². The van der Waals surface area contributed by atoms with E-state index in [1.165, 1.54) is 0 Å². The Morgan fingerprint density at radius 1 is 1.00 bits per heavy atom. The van der Waals surface area contributed by atoms with Crippen LogP contribution in [-0.4, -0.2) is 27.5 Å². The van der Waals surface area contributed by atoms with Crippen LogP contribution < -0.4 is 5.32 Å². The number of carbonyl (C=O) groups excluding carboxylic acids is 1. The topological polar surface area (TPSA) is 97.4 Å². The van der Waals surface area contributed by atoms with Crippen molar-refractivity contribution in [3.8, 4) is 17.2 Å². The van der Waals surface area contributed by atoms with Gasteiger partial charge >= 0.3 is 0 Å². The minimum Gasteiger partial charge on any atom is -0.360 e. The maximum Gasteiger partial charge on any atom is 0.186 e. The molecule has 6 heteroatoms. The number of aromatic nitrogens is 3. The Hall–Kier alpha value is -4.47. The highest BCUT2D eigenvalue weighted by Crippen LogP contribution is 2.28. The smallest absolute Gasteiger partial charge is 0.186 e. The Bertz CT molecular complexity index is 1440. The average Bonchev–Trinajstić information content (AvgIpc) is 3.57. The van der Waals surface area contributed by atoms with Crippen molar-refractivity contribution in [3.63, 3.8) is 0 Å². The summed E-state index contributed by atoms with van der Waals surface area (Å²) >= 11 is 0. The fourth-order valence-electron chi connectivity index (χ4n) is 4.19. The number of carbonyl (C=O) groups is 1. The van der Waals surface area contributed by atoms with Gasteiger partial charge in [-0.1, -0.05) is 54.6 Å². The van der Waals surface area contributed by atoms with Crippen molar-refractivity contribution in [2.24, 2.45) is 0 Å². The highest BCUT2D eigenvalue weighted by molar-refractivity contribution is 6.11. The number of Topliss-reactive ketones (excluding diaryl/α,β-unsaturated/α-hetero) is 1. The molecule has 5 rings (SSSR count). The molecule has 6 nitrogen and oxygen atoms in total. The molecule has 0 saturated carbocycles. The maximum absolute atomic E-state index is 13.7. The van der Waals surface area contributed by atoms with Gasteiger partial charge < -0.3 is 10.3 Å². The number of benzene rings is 3. The maximum atomic E-state index is 13.7. The third-order valence-corrected chi connectivity index (χ3v) is 6.02. The monoisotopic (exact) mass is 445 g/mol. The van der Waals surface area contributed by atoms with E-state index in [2.05, 4.69) is 26.6 Å². The van der Waals surface area contributed by atoms with Crippen molar-refractivity contribution in [2.75, 3.05) is 6.54 Å². The summed E-state index contributed by atoms with van der Waals surface area (Å²) < 4.78 is 0. The van der Waals surface area contributed by atoms with Crippen LogP contribution in [0.3, 0.4) is 0 Å². The molecule has 2 aromatic heterocycles. The van der Waals surface area contributed by atoms with E-state index >= 15 is 0 Å². The molecule has 2 heterocycles.